The number of aryl methyl sites for hydroxylation is 2. The summed E-state index contributed by atoms with van der Waals surface area (Å²) < 4.78 is 0. The first kappa shape index (κ1) is 14.1. The Hall–Kier alpha value is -2.88. The zero-order chi connectivity index (χ0) is 15.7. The Bertz CT molecular complexity index is 871. The van der Waals surface area contributed by atoms with E-state index in [0.29, 0.717) is 16.8 Å². The van der Waals surface area contributed by atoms with Gasteiger partial charge in [-0.15, -0.1) is 5.11 Å². The third kappa shape index (κ3) is 2.51. The van der Waals surface area contributed by atoms with E-state index >= 15 is 0 Å². The average molecular weight is 291 g/mol. The van der Waals surface area contributed by atoms with Crippen LogP contribution in [0.3, 0.4) is 0 Å². The molecule has 0 aliphatic heterocycles. The van der Waals surface area contributed by atoms with Gasteiger partial charge in [0.15, 0.2) is 5.75 Å². The van der Waals surface area contributed by atoms with Gasteiger partial charge in [0.25, 0.3) is 0 Å². The zero-order valence-electron chi connectivity index (χ0n) is 12.5. The fraction of sp³-hybridized carbons (Fsp3) is 0.111. The van der Waals surface area contributed by atoms with E-state index in [1.54, 1.807) is 0 Å². The lowest BCUT2D eigenvalue weighted by atomic mass is 10.0. The Morgan fingerprint density at radius 2 is 1.68 bits per heavy atom. The fourth-order valence-electron chi connectivity index (χ4n) is 2.57. The molecule has 110 valence electrons. The average Bonchev–Trinajstić information content (AvgIpc) is 2.47. The number of rotatable bonds is 2. The molecule has 0 fully saturated rings. The van der Waals surface area contributed by atoms with Crippen molar-refractivity contribution in [1.82, 2.24) is 0 Å². The van der Waals surface area contributed by atoms with E-state index in [2.05, 4.69) is 10.2 Å². The lowest BCUT2D eigenvalue weighted by molar-refractivity contribution is 0.482. The van der Waals surface area contributed by atoms with E-state index in [-0.39, 0.29) is 5.75 Å². The van der Waals surface area contributed by atoms with Gasteiger partial charge in [0.1, 0.15) is 5.69 Å². The molecule has 0 spiro atoms. The predicted octanol–water partition coefficient (Wildman–Crippen LogP) is 5.16. The molecule has 3 rings (SSSR count). The minimum Gasteiger partial charge on any atom is -0.505 e. The van der Waals surface area contributed by atoms with Gasteiger partial charge in [-0.3, -0.25) is 0 Å². The molecule has 3 N–H and O–H groups in total. The number of phenols is 1. The van der Waals surface area contributed by atoms with Gasteiger partial charge >= 0.3 is 0 Å². The summed E-state index contributed by atoms with van der Waals surface area (Å²) in [5.74, 6) is 0.0761. The Morgan fingerprint density at radius 3 is 2.41 bits per heavy atom. The maximum absolute atomic E-state index is 10.5. The number of phenolic OH excluding ortho intramolecular Hbond substituents is 1. The Labute approximate surface area is 128 Å². The van der Waals surface area contributed by atoms with Crippen molar-refractivity contribution in [2.45, 2.75) is 13.8 Å². The predicted molar refractivity (Wildman–Crippen MR) is 90.1 cm³/mol. The molecule has 22 heavy (non-hydrogen) atoms. The van der Waals surface area contributed by atoms with Crippen LogP contribution < -0.4 is 5.73 Å². The van der Waals surface area contributed by atoms with Crippen LogP contribution in [-0.2, 0) is 0 Å². The van der Waals surface area contributed by atoms with Crippen molar-refractivity contribution in [2.75, 3.05) is 5.73 Å². The molecule has 4 nitrogen and oxygen atoms in total. The number of azo groups is 1. The fourth-order valence-corrected chi connectivity index (χ4v) is 2.57. The minimum absolute atomic E-state index is 0.0761. The molecule has 3 aromatic carbocycles. The van der Waals surface area contributed by atoms with Gasteiger partial charge in [0, 0.05) is 11.1 Å². The highest BCUT2D eigenvalue weighted by atomic mass is 16.3. The van der Waals surface area contributed by atoms with E-state index in [9.17, 15) is 5.11 Å². The highest BCUT2D eigenvalue weighted by molar-refractivity contribution is 6.02. The number of aromatic hydroxyl groups is 1. The molecule has 0 saturated heterocycles. The second-order valence-corrected chi connectivity index (χ2v) is 5.38. The highest BCUT2D eigenvalue weighted by Crippen LogP contribution is 2.41. The van der Waals surface area contributed by atoms with Crippen LogP contribution in [0.1, 0.15) is 11.1 Å². The summed E-state index contributed by atoms with van der Waals surface area (Å²) in [5, 5.41) is 20.5. The number of nitrogens with two attached hydrogens (primary N) is 1. The van der Waals surface area contributed by atoms with E-state index in [0.717, 1.165) is 22.2 Å². The number of hydrogen-bond donors (Lipinski definition) is 2. The molecule has 0 bridgehead atoms. The topological polar surface area (TPSA) is 71.0 Å². The smallest absolute Gasteiger partial charge is 0.153 e. The summed E-state index contributed by atoms with van der Waals surface area (Å²) in [6.07, 6.45) is 0. The van der Waals surface area contributed by atoms with Crippen molar-refractivity contribution in [3.8, 4) is 5.75 Å². The van der Waals surface area contributed by atoms with Gasteiger partial charge in [-0.05, 0) is 54.6 Å². The second kappa shape index (κ2) is 5.48. The highest BCUT2D eigenvalue weighted by Gasteiger charge is 2.13. The molecule has 0 aliphatic carbocycles. The molecule has 0 saturated carbocycles. The first-order valence-corrected chi connectivity index (χ1v) is 7.05. The number of anilines is 1. The van der Waals surface area contributed by atoms with Crippen LogP contribution in [-0.4, -0.2) is 5.11 Å². The largest absolute Gasteiger partial charge is 0.505 e. The van der Waals surface area contributed by atoms with Gasteiger partial charge in [-0.25, -0.2) is 0 Å². The number of fused-ring (bicyclic) bond motifs is 1. The van der Waals surface area contributed by atoms with Gasteiger partial charge in [0.05, 0.1) is 5.69 Å². The van der Waals surface area contributed by atoms with Gasteiger partial charge in [-0.2, -0.15) is 5.11 Å². The molecular formula is C18H17N3O. The quantitative estimate of drug-likeness (QED) is 0.505. The number of hydrogen-bond acceptors (Lipinski definition) is 4. The third-order valence-corrected chi connectivity index (χ3v) is 3.57. The third-order valence-electron chi connectivity index (χ3n) is 3.57. The Kier molecular flexibility index (Phi) is 3.51. The van der Waals surface area contributed by atoms with Crippen LogP contribution in [0.25, 0.3) is 10.8 Å². The molecular weight excluding hydrogens is 274 g/mol. The molecule has 0 radical (unpaired) electrons. The summed E-state index contributed by atoms with van der Waals surface area (Å²) in [5.41, 5.74) is 9.70. The van der Waals surface area contributed by atoms with Gasteiger partial charge in [0.2, 0.25) is 0 Å². The van der Waals surface area contributed by atoms with Crippen molar-refractivity contribution in [3.05, 3.63) is 59.7 Å². The van der Waals surface area contributed by atoms with Crippen molar-refractivity contribution in [1.29, 1.82) is 0 Å². The number of nitrogens with zero attached hydrogens (tertiary/aromatic N) is 2. The first-order valence-electron chi connectivity index (χ1n) is 7.05. The Balaban J connectivity index is 2.16. The van der Waals surface area contributed by atoms with Crippen molar-refractivity contribution in [3.63, 3.8) is 0 Å². The summed E-state index contributed by atoms with van der Waals surface area (Å²) in [6.45, 7) is 3.88. The normalized spacial score (nSPS) is 11.4. The summed E-state index contributed by atoms with van der Waals surface area (Å²) in [4.78, 5) is 0. The number of benzene rings is 3. The van der Waals surface area contributed by atoms with Gasteiger partial charge < -0.3 is 10.8 Å². The zero-order valence-corrected chi connectivity index (χ0v) is 12.5. The monoisotopic (exact) mass is 291 g/mol. The van der Waals surface area contributed by atoms with E-state index in [1.807, 2.05) is 62.4 Å². The van der Waals surface area contributed by atoms with Crippen LogP contribution in [0, 0.1) is 13.8 Å². The lowest BCUT2D eigenvalue weighted by Gasteiger charge is -2.10. The lowest BCUT2D eigenvalue weighted by Crippen LogP contribution is -1.90. The second-order valence-electron chi connectivity index (χ2n) is 5.38. The van der Waals surface area contributed by atoms with Crippen LogP contribution in [0.4, 0.5) is 17.1 Å². The van der Waals surface area contributed by atoms with E-state index in [1.165, 1.54) is 0 Å². The van der Waals surface area contributed by atoms with Crippen molar-refractivity contribution >= 4 is 27.8 Å². The minimum atomic E-state index is 0.0761. The molecule has 0 atom stereocenters. The molecule has 0 unspecified atom stereocenters. The van der Waals surface area contributed by atoms with Crippen molar-refractivity contribution < 1.29 is 5.11 Å². The number of nitrogen functional groups attached to an aromatic ring is 1. The standard InChI is InChI=1S/C18H17N3O/c1-11-8-13-10-12(2)17(18(22)16(13)15(19)9-11)21-20-14-6-4-3-5-7-14/h3-10,22H,19H2,1-2H3. The molecule has 0 amide bonds. The summed E-state index contributed by atoms with van der Waals surface area (Å²) in [7, 11) is 0. The molecule has 0 aromatic heterocycles. The van der Waals surface area contributed by atoms with E-state index in [4.69, 9.17) is 5.73 Å². The van der Waals surface area contributed by atoms with Crippen molar-refractivity contribution in [2.24, 2.45) is 10.2 Å². The molecule has 4 heteroatoms. The first-order chi connectivity index (χ1) is 10.6. The van der Waals surface area contributed by atoms with E-state index < -0.39 is 0 Å². The SMILES string of the molecule is Cc1cc(N)c2c(O)c(N=Nc3ccccc3)c(C)cc2c1. The molecule has 0 aliphatic rings. The van der Waals surface area contributed by atoms with Crippen LogP contribution >= 0.6 is 0 Å². The van der Waals surface area contributed by atoms with Gasteiger partial charge in [-0.1, -0.05) is 24.3 Å². The summed E-state index contributed by atoms with van der Waals surface area (Å²) in [6, 6.07) is 15.2. The molecule has 0 heterocycles. The summed E-state index contributed by atoms with van der Waals surface area (Å²) >= 11 is 0. The van der Waals surface area contributed by atoms with Crippen LogP contribution in [0.2, 0.25) is 0 Å². The van der Waals surface area contributed by atoms with Crippen LogP contribution in [0.5, 0.6) is 5.75 Å². The Morgan fingerprint density at radius 1 is 0.955 bits per heavy atom. The maximum Gasteiger partial charge on any atom is 0.153 e. The van der Waals surface area contributed by atoms with Crippen LogP contribution in [0.15, 0.2) is 58.8 Å². The maximum atomic E-state index is 10.5. The molecule has 3 aromatic rings.